The Kier molecular flexibility index (Phi) is 5.63. The van der Waals surface area contributed by atoms with E-state index in [4.69, 9.17) is 11.6 Å². The predicted octanol–water partition coefficient (Wildman–Crippen LogP) is 3.32. The van der Waals surface area contributed by atoms with Crippen LogP contribution in [-0.2, 0) is 4.79 Å². The van der Waals surface area contributed by atoms with Gasteiger partial charge >= 0.3 is 0 Å². The molecule has 0 aliphatic carbocycles. The summed E-state index contributed by atoms with van der Waals surface area (Å²) in [6.45, 7) is 9.65. The van der Waals surface area contributed by atoms with Crippen LogP contribution in [0.15, 0.2) is 18.2 Å². The first kappa shape index (κ1) is 15.0. The number of rotatable bonds is 5. The third-order valence-electron chi connectivity index (χ3n) is 3.27. The van der Waals surface area contributed by atoms with Crippen molar-refractivity contribution in [2.24, 2.45) is 0 Å². The maximum atomic E-state index is 12.1. The normalized spacial score (nSPS) is 12.6. The second-order valence-electron chi connectivity index (χ2n) is 4.30. The molecule has 0 aliphatic heterocycles. The summed E-state index contributed by atoms with van der Waals surface area (Å²) < 4.78 is 0. The number of halogens is 1. The van der Waals surface area contributed by atoms with Crippen molar-refractivity contribution in [3.63, 3.8) is 0 Å². The molecule has 1 aromatic rings. The van der Waals surface area contributed by atoms with Gasteiger partial charge in [-0.1, -0.05) is 31.5 Å². The summed E-state index contributed by atoms with van der Waals surface area (Å²) in [7, 11) is 0. The maximum absolute atomic E-state index is 12.1. The van der Waals surface area contributed by atoms with E-state index in [1.807, 2.05) is 32.0 Å². The van der Waals surface area contributed by atoms with Gasteiger partial charge in [-0.25, -0.2) is 0 Å². The quantitative estimate of drug-likeness (QED) is 0.889. The molecule has 0 bridgehead atoms. The zero-order valence-corrected chi connectivity index (χ0v) is 12.2. The van der Waals surface area contributed by atoms with Crippen LogP contribution in [-0.4, -0.2) is 29.9 Å². The van der Waals surface area contributed by atoms with Crippen LogP contribution in [0, 0.1) is 6.92 Å². The number of hydrogen-bond acceptors (Lipinski definition) is 2. The van der Waals surface area contributed by atoms with E-state index >= 15 is 0 Å². The molecule has 0 unspecified atom stereocenters. The van der Waals surface area contributed by atoms with E-state index < -0.39 is 0 Å². The lowest BCUT2D eigenvalue weighted by Crippen LogP contribution is -2.41. The van der Waals surface area contributed by atoms with Crippen molar-refractivity contribution in [3.8, 4) is 0 Å². The maximum Gasteiger partial charge on any atom is 0.241 e. The van der Waals surface area contributed by atoms with Gasteiger partial charge in [0.05, 0.1) is 6.04 Å². The van der Waals surface area contributed by atoms with E-state index in [0.717, 1.165) is 24.3 Å². The number of carbonyl (C=O) groups excluding carboxylic acids is 1. The molecule has 1 N–H and O–H groups in total. The minimum atomic E-state index is -0.140. The fourth-order valence-corrected chi connectivity index (χ4v) is 2.09. The highest BCUT2D eigenvalue weighted by Crippen LogP contribution is 2.23. The van der Waals surface area contributed by atoms with E-state index in [1.54, 1.807) is 0 Å². The lowest BCUT2D eigenvalue weighted by Gasteiger charge is -2.25. The Labute approximate surface area is 114 Å². The minimum absolute atomic E-state index is 0.00377. The van der Waals surface area contributed by atoms with Crippen molar-refractivity contribution in [2.75, 3.05) is 18.4 Å². The first-order chi connectivity index (χ1) is 8.51. The van der Waals surface area contributed by atoms with Gasteiger partial charge in [0.2, 0.25) is 5.91 Å². The third-order valence-corrected chi connectivity index (χ3v) is 3.67. The molecule has 1 amide bonds. The van der Waals surface area contributed by atoms with Gasteiger partial charge in [-0.05, 0) is 44.6 Å². The van der Waals surface area contributed by atoms with Crippen molar-refractivity contribution >= 4 is 23.2 Å². The van der Waals surface area contributed by atoms with E-state index in [1.165, 1.54) is 0 Å². The van der Waals surface area contributed by atoms with Crippen molar-refractivity contribution in [3.05, 3.63) is 28.8 Å². The lowest BCUT2D eigenvalue weighted by molar-refractivity contribution is -0.120. The van der Waals surface area contributed by atoms with Gasteiger partial charge < -0.3 is 5.32 Å². The van der Waals surface area contributed by atoms with Gasteiger partial charge in [0.15, 0.2) is 0 Å². The monoisotopic (exact) mass is 268 g/mol. The Morgan fingerprint density at radius 3 is 2.56 bits per heavy atom. The molecule has 0 aliphatic rings. The topological polar surface area (TPSA) is 32.3 Å². The van der Waals surface area contributed by atoms with Gasteiger partial charge in [-0.15, -0.1) is 0 Å². The molecule has 18 heavy (non-hydrogen) atoms. The van der Waals surface area contributed by atoms with Gasteiger partial charge in [-0.3, -0.25) is 9.69 Å². The molecule has 0 aromatic heterocycles. The fourth-order valence-electron chi connectivity index (χ4n) is 1.92. The van der Waals surface area contributed by atoms with Crippen molar-refractivity contribution in [1.82, 2.24) is 4.90 Å². The zero-order valence-electron chi connectivity index (χ0n) is 11.5. The minimum Gasteiger partial charge on any atom is -0.324 e. The highest BCUT2D eigenvalue weighted by atomic mass is 35.5. The SMILES string of the molecule is CCN(CC)[C@H](C)C(=O)Nc1cccc(Cl)c1C. The summed E-state index contributed by atoms with van der Waals surface area (Å²) in [6.07, 6.45) is 0. The third kappa shape index (κ3) is 3.47. The van der Waals surface area contributed by atoms with E-state index in [0.29, 0.717) is 5.02 Å². The molecule has 1 aromatic carbocycles. The van der Waals surface area contributed by atoms with Crippen LogP contribution >= 0.6 is 11.6 Å². The van der Waals surface area contributed by atoms with Crippen molar-refractivity contribution in [2.45, 2.75) is 33.7 Å². The molecule has 0 fully saturated rings. The predicted molar refractivity (Wildman–Crippen MR) is 77.2 cm³/mol. The molecular weight excluding hydrogens is 248 g/mol. The second-order valence-corrected chi connectivity index (χ2v) is 4.71. The number of anilines is 1. The lowest BCUT2D eigenvalue weighted by atomic mass is 10.2. The van der Waals surface area contributed by atoms with E-state index in [-0.39, 0.29) is 11.9 Å². The Hall–Kier alpha value is -1.06. The Morgan fingerprint density at radius 2 is 2.00 bits per heavy atom. The van der Waals surface area contributed by atoms with Gasteiger partial charge in [0, 0.05) is 10.7 Å². The number of benzene rings is 1. The van der Waals surface area contributed by atoms with Crippen LogP contribution in [0.3, 0.4) is 0 Å². The van der Waals surface area contributed by atoms with Crippen LogP contribution < -0.4 is 5.32 Å². The molecule has 0 saturated carbocycles. The molecular formula is C14H21ClN2O. The number of carbonyl (C=O) groups is 1. The highest BCUT2D eigenvalue weighted by molar-refractivity contribution is 6.31. The summed E-state index contributed by atoms with van der Waals surface area (Å²) in [5.74, 6) is 0.00377. The fraction of sp³-hybridized carbons (Fsp3) is 0.500. The molecule has 0 spiro atoms. The van der Waals surface area contributed by atoms with Gasteiger partial charge in [0.1, 0.15) is 0 Å². The first-order valence-corrected chi connectivity index (χ1v) is 6.69. The van der Waals surface area contributed by atoms with Crippen LogP contribution in [0.25, 0.3) is 0 Å². The second kappa shape index (κ2) is 6.76. The van der Waals surface area contributed by atoms with Crippen molar-refractivity contribution < 1.29 is 4.79 Å². The van der Waals surface area contributed by atoms with E-state index in [9.17, 15) is 4.79 Å². The molecule has 0 heterocycles. The van der Waals surface area contributed by atoms with Crippen LogP contribution in [0.4, 0.5) is 5.69 Å². The number of nitrogens with one attached hydrogen (secondary N) is 1. The summed E-state index contributed by atoms with van der Waals surface area (Å²) in [4.78, 5) is 14.2. The Morgan fingerprint density at radius 1 is 1.39 bits per heavy atom. The zero-order chi connectivity index (χ0) is 13.7. The number of amides is 1. The van der Waals surface area contributed by atoms with Crippen LogP contribution in [0.1, 0.15) is 26.3 Å². The van der Waals surface area contributed by atoms with Crippen molar-refractivity contribution in [1.29, 1.82) is 0 Å². The molecule has 4 heteroatoms. The summed E-state index contributed by atoms with van der Waals surface area (Å²) in [5.41, 5.74) is 1.69. The highest BCUT2D eigenvalue weighted by Gasteiger charge is 2.19. The largest absolute Gasteiger partial charge is 0.324 e. The summed E-state index contributed by atoms with van der Waals surface area (Å²) in [5, 5.41) is 3.60. The number of nitrogens with zero attached hydrogens (tertiary/aromatic N) is 1. The van der Waals surface area contributed by atoms with Crippen LogP contribution in [0.2, 0.25) is 5.02 Å². The molecule has 100 valence electrons. The molecule has 1 atom stereocenters. The van der Waals surface area contributed by atoms with E-state index in [2.05, 4.69) is 24.1 Å². The molecule has 0 radical (unpaired) electrons. The number of hydrogen-bond donors (Lipinski definition) is 1. The standard InChI is InChI=1S/C14H21ClN2O/c1-5-17(6-2)11(4)14(18)16-13-9-7-8-12(15)10(13)3/h7-9,11H,5-6H2,1-4H3,(H,16,18)/t11-/m1/s1. The average Bonchev–Trinajstić information content (AvgIpc) is 2.36. The molecule has 0 saturated heterocycles. The Balaban J connectivity index is 2.78. The molecule has 1 rings (SSSR count). The average molecular weight is 269 g/mol. The van der Waals surface area contributed by atoms with Gasteiger partial charge in [0.25, 0.3) is 0 Å². The summed E-state index contributed by atoms with van der Waals surface area (Å²) >= 11 is 6.03. The van der Waals surface area contributed by atoms with Gasteiger partial charge in [-0.2, -0.15) is 0 Å². The summed E-state index contributed by atoms with van der Waals surface area (Å²) in [6, 6.07) is 5.39. The smallest absolute Gasteiger partial charge is 0.241 e. The van der Waals surface area contributed by atoms with Crippen LogP contribution in [0.5, 0.6) is 0 Å². The Bertz CT molecular complexity index is 416. The first-order valence-electron chi connectivity index (χ1n) is 6.31. The number of likely N-dealkylation sites (N-methyl/N-ethyl adjacent to an activating group) is 1. The molecule has 3 nitrogen and oxygen atoms in total.